The Morgan fingerprint density at radius 3 is 2.35 bits per heavy atom. The molecule has 2 rings (SSSR count). The maximum Gasteiger partial charge on any atom is 0.269 e. The van der Waals surface area contributed by atoms with E-state index in [1.54, 1.807) is 17.1 Å². The van der Waals surface area contributed by atoms with Crippen LogP contribution in [0.4, 0.5) is 11.4 Å². The van der Waals surface area contributed by atoms with Crippen molar-refractivity contribution in [1.29, 1.82) is 0 Å². The zero-order chi connectivity index (χ0) is 12.6. The van der Waals surface area contributed by atoms with Crippen LogP contribution in [0.3, 0.4) is 0 Å². The number of benzene rings is 1. The first-order valence-corrected chi connectivity index (χ1v) is 5.23. The minimum atomic E-state index is -0.448. The Hall–Kier alpha value is -2.11. The topological polar surface area (TPSA) is 75.5 Å². The smallest absolute Gasteiger partial charge is 0.269 e. The summed E-state index contributed by atoms with van der Waals surface area (Å²) in [7, 11) is 0. The van der Waals surface area contributed by atoms with Gasteiger partial charge in [-0.25, -0.2) is 0 Å². The van der Waals surface area contributed by atoms with Crippen molar-refractivity contribution in [2.45, 2.75) is 13.8 Å². The number of hydrogen-bond acceptors (Lipinski definition) is 4. The van der Waals surface area contributed by atoms with E-state index in [0.717, 1.165) is 5.69 Å². The van der Waals surface area contributed by atoms with Gasteiger partial charge in [0.25, 0.3) is 5.69 Å². The fraction of sp³-hybridized carbons (Fsp3) is 0.364. The van der Waals surface area contributed by atoms with Crippen LogP contribution in [0.25, 0.3) is 0 Å². The molecule has 90 valence electrons. The second kappa shape index (κ2) is 3.73. The van der Waals surface area contributed by atoms with Crippen LogP contribution in [0.15, 0.2) is 24.3 Å². The number of amides is 1. The highest BCUT2D eigenvalue weighted by Crippen LogP contribution is 2.27. The first-order valence-electron chi connectivity index (χ1n) is 5.23. The maximum atomic E-state index is 11.6. The van der Waals surface area contributed by atoms with E-state index >= 15 is 0 Å². The van der Waals surface area contributed by atoms with Gasteiger partial charge in [0.05, 0.1) is 22.6 Å². The Morgan fingerprint density at radius 2 is 1.94 bits per heavy atom. The van der Waals surface area contributed by atoms with Crippen LogP contribution in [0, 0.1) is 15.5 Å². The summed E-state index contributed by atoms with van der Waals surface area (Å²) in [5.74, 6) is -0.0455. The second-order valence-corrected chi connectivity index (χ2v) is 4.68. The molecule has 1 amide bonds. The van der Waals surface area contributed by atoms with E-state index in [-0.39, 0.29) is 11.6 Å². The molecular weight excluding hydrogens is 222 g/mol. The SMILES string of the molecule is CC1(C)CN(c2ccc([N+](=O)[O-])cc2)NC1=O. The number of hydrogen-bond donors (Lipinski definition) is 1. The van der Waals surface area contributed by atoms with E-state index in [4.69, 9.17) is 0 Å². The summed E-state index contributed by atoms with van der Waals surface area (Å²) in [5, 5.41) is 12.2. The summed E-state index contributed by atoms with van der Waals surface area (Å²) in [6.07, 6.45) is 0. The van der Waals surface area contributed by atoms with Crippen molar-refractivity contribution >= 4 is 17.3 Å². The molecule has 0 aromatic heterocycles. The van der Waals surface area contributed by atoms with E-state index in [1.807, 2.05) is 13.8 Å². The normalized spacial score (nSPS) is 18.0. The summed E-state index contributed by atoms with van der Waals surface area (Å²) < 4.78 is 0. The summed E-state index contributed by atoms with van der Waals surface area (Å²) in [4.78, 5) is 21.7. The predicted octanol–water partition coefficient (Wildman–Crippen LogP) is 1.47. The van der Waals surface area contributed by atoms with Crippen molar-refractivity contribution in [1.82, 2.24) is 5.43 Å². The van der Waals surface area contributed by atoms with Gasteiger partial charge < -0.3 is 0 Å². The minimum Gasteiger partial charge on any atom is -0.284 e. The lowest BCUT2D eigenvalue weighted by atomic mass is 9.94. The van der Waals surface area contributed by atoms with E-state index in [0.29, 0.717) is 6.54 Å². The largest absolute Gasteiger partial charge is 0.284 e. The number of nitro groups is 1. The molecule has 0 saturated carbocycles. The van der Waals surface area contributed by atoms with Crippen LogP contribution in [-0.4, -0.2) is 17.4 Å². The molecule has 1 aliphatic rings. The molecule has 1 heterocycles. The second-order valence-electron chi connectivity index (χ2n) is 4.68. The molecule has 1 aromatic rings. The number of hydrazine groups is 1. The molecule has 1 saturated heterocycles. The van der Waals surface area contributed by atoms with Gasteiger partial charge in [-0.05, 0) is 26.0 Å². The van der Waals surface area contributed by atoms with Crippen LogP contribution >= 0.6 is 0 Å². The van der Waals surface area contributed by atoms with Crippen molar-refractivity contribution in [2.24, 2.45) is 5.41 Å². The fourth-order valence-electron chi connectivity index (χ4n) is 1.69. The highest BCUT2D eigenvalue weighted by atomic mass is 16.6. The van der Waals surface area contributed by atoms with Crippen LogP contribution in [-0.2, 0) is 4.79 Å². The van der Waals surface area contributed by atoms with Gasteiger partial charge in [0.2, 0.25) is 5.91 Å². The van der Waals surface area contributed by atoms with Gasteiger partial charge in [-0.2, -0.15) is 0 Å². The van der Waals surface area contributed by atoms with Gasteiger partial charge in [-0.3, -0.25) is 25.3 Å². The number of anilines is 1. The van der Waals surface area contributed by atoms with Crippen LogP contribution < -0.4 is 10.4 Å². The van der Waals surface area contributed by atoms with Gasteiger partial charge in [-0.1, -0.05) is 0 Å². The molecule has 0 spiro atoms. The number of nitro benzene ring substituents is 1. The molecule has 6 nitrogen and oxygen atoms in total. The molecule has 17 heavy (non-hydrogen) atoms. The number of nitrogens with one attached hydrogen (secondary N) is 1. The highest BCUT2D eigenvalue weighted by molar-refractivity contribution is 5.87. The van der Waals surface area contributed by atoms with E-state index in [1.165, 1.54) is 12.1 Å². The number of nitrogens with zero attached hydrogens (tertiary/aromatic N) is 2. The van der Waals surface area contributed by atoms with Crippen molar-refractivity contribution in [2.75, 3.05) is 11.6 Å². The molecule has 1 aliphatic heterocycles. The molecule has 1 fully saturated rings. The molecular formula is C11H13N3O3. The monoisotopic (exact) mass is 235 g/mol. The molecule has 0 atom stereocenters. The van der Waals surface area contributed by atoms with Gasteiger partial charge in [0.1, 0.15) is 0 Å². The molecule has 0 bridgehead atoms. The fourth-order valence-corrected chi connectivity index (χ4v) is 1.69. The van der Waals surface area contributed by atoms with Crippen molar-refractivity contribution < 1.29 is 9.72 Å². The summed E-state index contributed by atoms with van der Waals surface area (Å²) >= 11 is 0. The van der Waals surface area contributed by atoms with Crippen LogP contribution in [0.2, 0.25) is 0 Å². The number of non-ortho nitro benzene ring substituents is 1. The molecule has 1 aromatic carbocycles. The lowest BCUT2D eigenvalue weighted by molar-refractivity contribution is -0.384. The van der Waals surface area contributed by atoms with E-state index in [9.17, 15) is 14.9 Å². The van der Waals surface area contributed by atoms with Gasteiger partial charge in [0.15, 0.2) is 0 Å². The number of rotatable bonds is 2. The highest BCUT2D eigenvalue weighted by Gasteiger charge is 2.38. The Kier molecular flexibility index (Phi) is 2.49. The van der Waals surface area contributed by atoms with Crippen molar-refractivity contribution in [3.05, 3.63) is 34.4 Å². The molecule has 1 N–H and O–H groups in total. The quantitative estimate of drug-likeness (QED) is 0.622. The summed E-state index contributed by atoms with van der Waals surface area (Å²) in [6.45, 7) is 4.26. The first kappa shape index (κ1) is 11.4. The predicted molar refractivity (Wildman–Crippen MR) is 62.4 cm³/mol. The third-order valence-corrected chi connectivity index (χ3v) is 2.78. The molecule has 0 unspecified atom stereocenters. The standard InChI is InChI=1S/C11H13N3O3/c1-11(2)7-13(12-10(11)15)8-3-5-9(6-4-8)14(16)17/h3-6H,7H2,1-2H3,(H,12,15). The maximum absolute atomic E-state index is 11.6. The zero-order valence-corrected chi connectivity index (χ0v) is 9.64. The first-order chi connectivity index (χ1) is 7.90. The summed E-state index contributed by atoms with van der Waals surface area (Å²) in [5.41, 5.74) is 3.08. The number of carbonyl (C=O) groups is 1. The molecule has 0 aliphatic carbocycles. The average molecular weight is 235 g/mol. The summed E-state index contributed by atoms with van der Waals surface area (Å²) in [6, 6.07) is 6.10. The van der Waals surface area contributed by atoms with Gasteiger partial charge in [-0.15, -0.1) is 0 Å². The van der Waals surface area contributed by atoms with E-state index < -0.39 is 10.3 Å². The van der Waals surface area contributed by atoms with Crippen molar-refractivity contribution in [3.8, 4) is 0 Å². The lowest BCUT2D eigenvalue weighted by Gasteiger charge is -2.18. The third-order valence-electron chi connectivity index (χ3n) is 2.78. The Labute approximate surface area is 98.3 Å². The Bertz CT molecular complexity index is 467. The number of carbonyl (C=O) groups excluding carboxylic acids is 1. The van der Waals surface area contributed by atoms with Crippen LogP contribution in [0.1, 0.15) is 13.8 Å². The van der Waals surface area contributed by atoms with Crippen molar-refractivity contribution in [3.63, 3.8) is 0 Å². The van der Waals surface area contributed by atoms with E-state index in [2.05, 4.69) is 5.43 Å². The lowest BCUT2D eigenvalue weighted by Crippen LogP contribution is -2.33. The minimum absolute atomic E-state index is 0.0403. The van der Waals surface area contributed by atoms with Gasteiger partial charge >= 0.3 is 0 Å². The average Bonchev–Trinajstić information content (AvgIpc) is 2.54. The van der Waals surface area contributed by atoms with Crippen LogP contribution in [0.5, 0.6) is 0 Å². The molecule has 0 radical (unpaired) electrons. The Balaban J connectivity index is 2.20. The third kappa shape index (κ3) is 2.06. The molecule has 6 heteroatoms. The Morgan fingerprint density at radius 1 is 1.35 bits per heavy atom. The van der Waals surface area contributed by atoms with Gasteiger partial charge in [0, 0.05) is 12.1 Å². The zero-order valence-electron chi connectivity index (χ0n) is 9.64.